The number of primary amides is 1. The van der Waals surface area contributed by atoms with Crippen molar-refractivity contribution in [1.82, 2.24) is 20.0 Å². The molecule has 0 unspecified atom stereocenters. The summed E-state index contributed by atoms with van der Waals surface area (Å²) in [5.41, 5.74) is 7.73. The van der Waals surface area contributed by atoms with Crippen LogP contribution in [-0.2, 0) is 22.9 Å². The van der Waals surface area contributed by atoms with E-state index in [-0.39, 0.29) is 30.0 Å². The van der Waals surface area contributed by atoms with Gasteiger partial charge in [-0.2, -0.15) is 5.10 Å². The molecule has 31 heavy (non-hydrogen) atoms. The number of aryl methyl sites for hydroxylation is 1. The van der Waals surface area contributed by atoms with Crippen LogP contribution in [0.1, 0.15) is 34.5 Å². The lowest BCUT2D eigenvalue weighted by atomic mass is 9.92. The number of aromatic nitrogens is 2. The van der Waals surface area contributed by atoms with Crippen LogP contribution in [0, 0.1) is 12.7 Å². The summed E-state index contributed by atoms with van der Waals surface area (Å²) >= 11 is 0. The maximum Gasteiger partial charge on any atom is 0.318 e. The second-order valence-corrected chi connectivity index (χ2v) is 10.5. The molecule has 3 amide bonds. The van der Waals surface area contributed by atoms with E-state index in [1.807, 2.05) is 0 Å². The third-order valence-corrected chi connectivity index (χ3v) is 7.57. The molecule has 1 fully saturated rings. The van der Waals surface area contributed by atoms with Crippen LogP contribution in [0.3, 0.4) is 0 Å². The number of halogens is 1. The molecule has 1 aliphatic carbocycles. The lowest BCUT2D eigenvalue weighted by Gasteiger charge is -2.37. The third-order valence-electron chi connectivity index (χ3n) is 5.97. The number of fused-ring (bicyclic) bond motifs is 1. The molecule has 2 aliphatic rings. The molecular formula is C20H24FN5O4S. The van der Waals surface area contributed by atoms with Crippen LogP contribution in [-0.4, -0.2) is 59.1 Å². The molecule has 9 nitrogen and oxygen atoms in total. The van der Waals surface area contributed by atoms with Crippen molar-refractivity contribution in [2.24, 2.45) is 5.73 Å². The largest absolute Gasteiger partial charge is 0.365 e. The summed E-state index contributed by atoms with van der Waals surface area (Å²) in [5, 5.41) is 6.94. The van der Waals surface area contributed by atoms with Crippen molar-refractivity contribution in [3.8, 4) is 11.3 Å². The highest BCUT2D eigenvalue weighted by atomic mass is 32.2. The first kappa shape index (κ1) is 21.3. The Labute approximate surface area is 179 Å². The van der Waals surface area contributed by atoms with Crippen LogP contribution in [0.5, 0.6) is 0 Å². The SMILES string of the molecule is Cc1cc(-c2nn3c(c2C(N)=O)CN(C(=O)NC2CC(S(C)(=O)=O)C2)CC3)ccc1F. The molecule has 0 saturated heterocycles. The molecule has 166 valence electrons. The van der Waals surface area contributed by atoms with Crippen molar-refractivity contribution >= 4 is 21.8 Å². The number of rotatable bonds is 4. The minimum absolute atomic E-state index is 0.138. The van der Waals surface area contributed by atoms with E-state index in [1.54, 1.807) is 28.6 Å². The van der Waals surface area contributed by atoms with Gasteiger partial charge in [0.15, 0.2) is 0 Å². The Kier molecular flexibility index (Phi) is 5.24. The Hall–Kier alpha value is -2.95. The Morgan fingerprint density at radius 3 is 2.58 bits per heavy atom. The number of nitrogens with two attached hydrogens (primary N) is 1. The van der Waals surface area contributed by atoms with Gasteiger partial charge in [-0.3, -0.25) is 9.48 Å². The first-order chi connectivity index (χ1) is 14.5. The van der Waals surface area contributed by atoms with Crippen LogP contribution in [0.2, 0.25) is 0 Å². The Bertz CT molecular complexity index is 1170. The highest BCUT2D eigenvalue weighted by molar-refractivity contribution is 7.91. The number of carbonyl (C=O) groups excluding carboxylic acids is 2. The van der Waals surface area contributed by atoms with Crippen molar-refractivity contribution < 1.29 is 22.4 Å². The predicted octanol–water partition coefficient (Wildman–Crippen LogP) is 1.20. The number of hydrogen-bond donors (Lipinski definition) is 2. The van der Waals surface area contributed by atoms with Crippen molar-refractivity contribution in [1.29, 1.82) is 0 Å². The Balaban J connectivity index is 1.53. The van der Waals surface area contributed by atoms with E-state index in [2.05, 4.69) is 10.4 Å². The van der Waals surface area contributed by atoms with Gasteiger partial charge in [0.25, 0.3) is 5.91 Å². The van der Waals surface area contributed by atoms with Gasteiger partial charge in [0.2, 0.25) is 0 Å². The number of carbonyl (C=O) groups is 2. The number of sulfone groups is 1. The fourth-order valence-electron chi connectivity index (χ4n) is 4.04. The fraction of sp³-hybridized carbons (Fsp3) is 0.450. The van der Waals surface area contributed by atoms with Crippen molar-refractivity contribution in [3.63, 3.8) is 0 Å². The number of amides is 3. The topological polar surface area (TPSA) is 127 Å². The van der Waals surface area contributed by atoms with Crippen LogP contribution >= 0.6 is 0 Å². The normalized spacial score (nSPS) is 20.7. The molecule has 11 heteroatoms. The number of urea groups is 1. The van der Waals surface area contributed by atoms with Crippen LogP contribution < -0.4 is 11.1 Å². The minimum atomic E-state index is -3.10. The van der Waals surface area contributed by atoms with Gasteiger partial charge in [0, 0.05) is 24.4 Å². The zero-order valence-corrected chi connectivity index (χ0v) is 18.1. The van der Waals surface area contributed by atoms with Crippen LogP contribution in [0.25, 0.3) is 11.3 Å². The number of benzene rings is 1. The average molecular weight is 450 g/mol. The maximum atomic E-state index is 13.7. The van der Waals surface area contributed by atoms with E-state index in [0.29, 0.717) is 48.4 Å². The summed E-state index contributed by atoms with van der Waals surface area (Å²) in [4.78, 5) is 26.5. The summed E-state index contributed by atoms with van der Waals surface area (Å²) < 4.78 is 38.4. The first-order valence-electron chi connectivity index (χ1n) is 9.95. The number of hydrogen-bond acceptors (Lipinski definition) is 5. The number of nitrogens with zero attached hydrogens (tertiary/aromatic N) is 3. The van der Waals surface area contributed by atoms with Gasteiger partial charge < -0.3 is 16.0 Å². The standard InChI is InChI=1S/C20H24FN5O4S/c1-11-7-12(3-4-15(11)21)18-17(19(22)27)16-10-25(5-6-26(16)24-18)20(28)23-13-8-14(9-13)31(2,29)30/h3-4,7,13-14H,5-6,8-10H2,1-2H3,(H2,22,27)(H,23,28). The van der Waals surface area contributed by atoms with E-state index < -0.39 is 21.0 Å². The van der Waals surface area contributed by atoms with Gasteiger partial charge in [0.05, 0.1) is 29.6 Å². The summed E-state index contributed by atoms with van der Waals surface area (Å²) in [6.07, 6.45) is 2.00. The smallest absolute Gasteiger partial charge is 0.318 e. The Morgan fingerprint density at radius 2 is 1.97 bits per heavy atom. The molecule has 0 atom stereocenters. The lowest BCUT2D eigenvalue weighted by molar-refractivity contribution is 0.0997. The van der Waals surface area contributed by atoms with Crippen molar-refractivity contribution in [3.05, 3.63) is 40.8 Å². The quantitative estimate of drug-likeness (QED) is 0.725. The molecule has 0 radical (unpaired) electrons. The van der Waals surface area contributed by atoms with E-state index in [0.717, 1.165) is 0 Å². The van der Waals surface area contributed by atoms with Crippen LogP contribution in [0.4, 0.5) is 9.18 Å². The molecule has 2 heterocycles. The van der Waals surface area contributed by atoms with Gasteiger partial charge in [-0.05, 0) is 43.5 Å². The lowest BCUT2D eigenvalue weighted by Crippen LogP contribution is -2.54. The zero-order chi connectivity index (χ0) is 22.5. The zero-order valence-electron chi connectivity index (χ0n) is 17.3. The molecule has 4 rings (SSSR count). The molecule has 2 aromatic rings. The van der Waals surface area contributed by atoms with Gasteiger partial charge in [0.1, 0.15) is 21.3 Å². The highest BCUT2D eigenvalue weighted by Crippen LogP contribution is 2.30. The second-order valence-electron chi connectivity index (χ2n) is 8.21. The highest BCUT2D eigenvalue weighted by Gasteiger charge is 2.38. The van der Waals surface area contributed by atoms with Gasteiger partial charge in [-0.25, -0.2) is 17.6 Å². The van der Waals surface area contributed by atoms with E-state index in [4.69, 9.17) is 5.73 Å². The molecule has 1 aliphatic heterocycles. The van der Waals surface area contributed by atoms with Gasteiger partial charge in [-0.15, -0.1) is 0 Å². The van der Waals surface area contributed by atoms with Crippen LogP contribution in [0.15, 0.2) is 18.2 Å². The molecule has 0 spiro atoms. The predicted molar refractivity (Wildman–Crippen MR) is 111 cm³/mol. The molecule has 1 aromatic carbocycles. The average Bonchev–Trinajstić information content (AvgIpc) is 3.04. The molecular weight excluding hydrogens is 425 g/mol. The first-order valence-corrected chi connectivity index (χ1v) is 11.9. The Morgan fingerprint density at radius 1 is 1.26 bits per heavy atom. The molecule has 3 N–H and O–H groups in total. The maximum absolute atomic E-state index is 13.7. The molecule has 1 aromatic heterocycles. The van der Waals surface area contributed by atoms with Gasteiger partial charge >= 0.3 is 6.03 Å². The number of nitrogens with one attached hydrogen (secondary N) is 1. The molecule has 0 bridgehead atoms. The third kappa shape index (κ3) is 4.01. The van der Waals surface area contributed by atoms with Gasteiger partial charge in [-0.1, -0.05) is 0 Å². The van der Waals surface area contributed by atoms with Crippen molar-refractivity contribution in [2.45, 2.75) is 44.1 Å². The fourth-order valence-corrected chi connectivity index (χ4v) is 5.21. The molecule has 1 saturated carbocycles. The second kappa shape index (κ2) is 7.63. The van der Waals surface area contributed by atoms with E-state index in [9.17, 15) is 22.4 Å². The van der Waals surface area contributed by atoms with Crippen molar-refractivity contribution in [2.75, 3.05) is 12.8 Å². The van der Waals surface area contributed by atoms with E-state index >= 15 is 0 Å². The summed E-state index contributed by atoms with van der Waals surface area (Å²) in [7, 11) is -3.10. The summed E-state index contributed by atoms with van der Waals surface area (Å²) in [6.45, 7) is 2.52. The summed E-state index contributed by atoms with van der Waals surface area (Å²) in [6, 6.07) is 3.96. The monoisotopic (exact) mass is 449 g/mol. The minimum Gasteiger partial charge on any atom is -0.365 e. The van der Waals surface area contributed by atoms with E-state index in [1.165, 1.54) is 12.3 Å². The summed E-state index contributed by atoms with van der Waals surface area (Å²) in [5.74, 6) is -1.03.